The summed E-state index contributed by atoms with van der Waals surface area (Å²) in [6, 6.07) is 6.32. The van der Waals surface area contributed by atoms with E-state index in [1.165, 1.54) is 11.1 Å². The van der Waals surface area contributed by atoms with Crippen LogP contribution in [0.4, 0.5) is 0 Å². The second kappa shape index (κ2) is 2.65. The first kappa shape index (κ1) is 7.69. The average molecular weight is 187 g/mol. The number of nitriles is 1. The van der Waals surface area contributed by atoms with E-state index >= 15 is 0 Å². The summed E-state index contributed by atoms with van der Waals surface area (Å²) < 4.78 is 10.6. The smallest absolute Gasteiger partial charge is 0.231 e. The fourth-order valence-corrected chi connectivity index (χ4v) is 2.10. The average Bonchev–Trinajstić information content (AvgIpc) is 2.77. The van der Waals surface area contributed by atoms with E-state index in [9.17, 15) is 0 Å². The molecule has 1 heterocycles. The van der Waals surface area contributed by atoms with E-state index in [0.29, 0.717) is 6.79 Å². The van der Waals surface area contributed by atoms with E-state index in [1.54, 1.807) is 0 Å². The second-order valence-corrected chi connectivity index (χ2v) is 3.71. The number of ether oxygens (including phenoxy) is 2. The number of hydrogen-bond donors (Lipinski definition) is 0. The number of hydrogen-bond acceptors (Lipinski definition) is 3. The Kier molecular flexibility index (Phi) is 1.45. The Labute approximate surface area is 81.9 Å². The molecular weight excluding hydrogens is 178 g/mol. The van der Waals surface area contributed by atoms with E-state index < -0.39 is 0 Å². The van der Waals surface area contributed by atoms with Gasteiger partial charge in [-0.2, -0.15) is 5.26 Å². The van der Waals surface area contributed by atoms with Crippen molar-refractivity contribution < 1.29 is 9.47 Å². The molecule has 14 heavy (non-hydrogen) atoms. The molecule has 3 rings (SSSR count). The van der Waals surface area contributed by atoms with E-state index in [0.717, 1.165) is 24.3 Å². The maximum Gasteiger partial charge on any atom is 0.231 e. The SMILES string of the molecule is N#CC1Cc2cc3c(cc2C1)OCO3. The van der Waals surface area contributed by atoms with Crippen LogP contribution in [0.2, 0.25) is 0 Å². The Balaban J connectivity index is 2.05. The Bertz CT molecular complexity index is 401. The van der Waals surface area contributed by atoms with Crippen molar-refractivity contribution in [3.8, 4) is 17.6 Å². The van der Waals surface area contributed by atoms with Crippen molar-refractivity contribution in [2.75, 3.05) is 6.79 Å². The third kappa shape index (κ3) is 0.973. The molecule has 2 aliphatic rings. The van der Waals surface area contributed by atoms with Crippen LogP contribution in [0.3, 0.4) is 0 Å². The van der Waals surface area contributed by atoms with Gasteiger partial charge in [0.15, 0.2) is 11.5 Å². The number of rotatable bonds is 0. The van der Waals surface area contributed by atoms with Gasteiger partial charge in [-0.05, 0) is 36.1 Å². The minimum absolute atomic E-state index is 0.132. The Morgan fingerprint density at radius 3 is 2.21 bits per heavy atom. The molecule has 1 aromatic carbocycles. The fraction of sp³-hybridized carbons (Fsp3) is 0.364. The minimum atomic E-state index is 0.132. The zero-order chi connectivity index (χ0) is 9.54. The summed E-state index contributed by atoms with van der Waals surface area (Å²) in [5.74, 6) is 1.78. The van der Waals surface area contributed by atoms with Gasteiger partial charge in [0.25, 0.3) is 0 Å². The van der Waals surface area contributed by atoms with Crippen LogP contribution in [0, 0.1) is 17.2 Å². The van der Waals surface area contributed by atoms with Crippen LogP contribution >= 0.6 is 0 Å². The van der Waals surface area contributed by atoms with Crippen molar-refractivity contribution in [2.45, 2.75) is 12.8 Å². The van der Waals surface area contributed by atoms with Crippen LogP contribution in [0.1, 0.15) is 11.1 Å². The molecule has 1 aliphatic heterocycles. The largest absolute Gasteiger partial charge is 0.454 e. The lowest BCUT2D eigenvalue weighted by Crippen LogP contribution is -1.94. The van der Waals surface area contributed by atoms with Crippen LogP contribution in [-0.2, 0) is 12.8 Å². The highest BCUT2D eigenvalue weighted by Crippen LogP contribution is 2.39. The van der Waals surface area contributed by atoms with Crippen molar-refractivity contribution >= 4 is 0 Å². The fourth-order valence-electron chi connectivity index (χ4n) is 2.10. The minimum Gasteiger partial charge on any atom is -0.454 e. The van der Waals surface area contributed by atoms with Gasteiger partial charge in [-0.3, -0.25) is 0 Å². The van der Waals surface area contributed by atoms with Crippen LogP contribution in [0.5, 0.6) is 11.5 Å². The maximum atomic E-state index is 8.84. The standard InChI is InChI=1S/C11H9NO2/c12-5-7-1-8-3-10-11(14-6-13-10)4-9(8)2-7/h3-4,7H,1-2,6H2. The molecule has 0 atom stereocenters. The van der Waals surface area contributed by atoms with Crippen molar-refractivity contribution in [3.63, 3.8) is 0 Å². The van der Waals surface area contributed by atoms with Gasteiger partial charge in [0.2, 0.25) is 6.79 Å². The van der Waals surface area contributed by atoms with Gasteiger partial charge in [-0.1, -0.05) is 0 Å². The van der Waals surface area contributed by atoms with E-state index in [4.69, 9.17) is 14.7 Å². The molecule has 0 radical (unpaired) electrons. The third-order valence-corrected chi connectivity index (χ3v) is 2.81. The van der Waals surface area contributed by atoms with E-state index in [1.807, 2.05) is 12.1 Å². The monoisotopic (exact) mass is 187 g/mol. The number of nitrogens with zero attached hydrogens (tertiary/aromatic N) is 1. The highest BCUT2D eigenvalue weighted by molar-refractivity contribution is 5.50. The van der Waals surface area contributed by atoms with Crippen LogP contribution in [0.15, 0.2) is 12.1 Å². The van der Waals surface area contributed by atoms with Crippen molar-refractivity contribution in [3.05, 3.63) is 23.3 Å². The number of fused-ring (bicyclic) bond motifs is 2. The Morgan fingerprint density at radius 1 is 1.14 bits per heavy atom. The molecule has 0 unspecified atom stereocenters. The van der Waals surface area contributed by atoms with Crippen LogP contribution in [-0.4, -0.2) is 6.79 Å². The van der Waals surface area contributed by atoms with Crippen molar-refractivity contribution in [1.29, 1.82) is 5.26 Å². The van der Waals surface area contributed by atoms with Gasteiger partial charge < -0.3 is 9.47 Å². The first-order valence-electron chi connectivity index (χ1n) is 4.68. The van der Waals surface area contributed by atoms with Crippen molar-refractivity contribution in [2.24, 2.45) is 5.92 Å². The molecule has 0 fully saturated rings. The molecular formula is C11H9NO2. The van der Waals surface area contributed by atoms with E-state index in [2.05, 4.69) is 6.07 Å². The van der Waals surface area contributed by atoms with Gasteiger partial charge in [0.05, 0.1) is 12.0 Å². The molecule has 70 valence electrons. The Morgan fingerprint density at radius 2 is 1.71 bits per heavy atom. The summed E-state index contributed by atoms with van der Waals surface area (Å²) >= 11 is 0. The van der Waals surface area contributed by atoms with Gasteiger partial charge in [-0.25, -0.2) is 0 Å². The molecule has 0 aromatic heterocycles. The molecule has 3 heteroatoms. The lowest BCUT2D eigenvalue weighted by Gasteiger charge is -2.00. The topological polar surface area (TPSA) is 42.2 Å². The lowest BCUT2D eigenvalue weighted by molar-refractivity contribution is 0.174. The Hall–Kier alpha value is -1.69. The molecule has 0 bridgehead atoms. The van der Waals surface area contributed by atoms with Crippen LogP contribution in [0.25, 0.3) is 0 Å². The first-order chi connectivity index (χ1) is 6.86. The summed E-state index contributed by atoms with van der Waals surface area (Å²) in [5, 5.41) is 8.84. The highest BCUT2D eigenvalue weighted by atomic mass is 16.7. The molecule has 0 saturated carbocycles. The molecule has 0 saturated heterocycles. The summed E-state index contributed by atoms with van der Waals surface area (Å²) in [4.78, 5) is 0. The van der Waals surface area contributed by atoms with Gasteiger partial charge in [-0.15, -0.1) is 0 Å². The number of benzene rings is 1. The van der Waals surface area contributed by atoms with E-state index in [-0.39, 0.29) is 5.92 Å². The highest BCUT2D eigenvalue weighted by Gasteiger charge is 2.25. The van der Waals surface area contributed by atoms with Gasteiger partial charge in [0, 0.05) is 0 Å². The molecule has 3 nitrogen and oxygen atoms in total. The second-order valence-electron chi connectivity index (χ2n) is 3.71. The zero-order valence-electron chi connectivity index (χ0n) is 7.62. The van der Waals surface area contributed by atoms with Crippen LogP contribution < -0.4 is 9.47 Å². The first-order valence-corrected chi connectivity index (χ1v) is 4.68. The molecule has 0 N–H and O–H groups in total. The summed E-state index contributed by atoms with van der Waals surface area (Å²) in [5.41, 5.74) is 2.47. The van der Waals surface area contributed by atoms with Gasteiger partial charge in [0.1, 0.15) is 0 Å². The van der Waals surface area contributed by atoms with Gasteiger partial charge >= 0.3 is 0 Å². The molecule has 1 aliphatic carbocycles. The predicted octanol–water partition coefficient (Wildman–Crippen LogP) is 1.65. The quantitative estimate of drug-likeness (QED) is 0.620. The summed E-state index contributed by atoms with van der Waals surface area (Å²) in [7, 11) is 0. The predicted molar refractivity (Wildman–Crippen MR) is 49.1 cm³/mol. The zero-order valence-corrected chi connectivity index (χ0v) is 7.62. The lowest BCUT2D eigenvalue weighted by atomic mass is 10.1. The summed E-state index contributed by atoms with van der Waals surface area (Å²) in [6.07, 6.45) is 1.70. The van der Waals surface area contributed by atoms with Crippen molar-refractivity contribution in [1.82, 2.24) is 0 Å². The maximum absolute atomic E-state index is 8.84. The normalized spacial score (nSPS) is 17.9. The molecule has 0 amide bonds. The third-order valence-electron chi connectivity index (χ3n) is 2.81. The molecule has 1 aromatic rings. The molecule has 0 spiro atoms. The summed E-state index contributed by atoms with van der Waals surface area (Å²) in [6.45, 7) is 0.319.